The lowest BCUT2D eigenvalue weighted by Gasteiger charge is -2.27. The standard InChI is InChI=1S/C41H79NO5/c1-3-5-7-9-11-13-14-15-16-17-18-19-20-21-22-23-24-25-26-27-29-30-32-34-38(44)40(46)37(36-43)42-41(47)39(45)35-33-31-28-12-10-8-6-4-2/h23-24,27,29,37-40,43-46H,3-22,25-26,28,30-36H2,1-2H3,(H,42,47)/b24-23+,29-27+. The molecule has 0 spiro atoms. The zero-order valence-corrected chi connectivity index (χ0v) is 31.0. The second kappa shape index (κ2) is 36.1. The minimum absolute atomic E-state index is 0.360. The lowest BCUT2D eigenvalue weighted by molar-refractivity contribution is -0.132. The Morgan fingerprint density at radius 2 is 0.894 bits per heavy atom. The van der Waals surface area contributed by atoms with E-state index in [1.807, 2.05) is 0 Å². The first kappa shape index (κ1) is 45.8. The highest BCUT2D eigenvalue weighted by molar-refractivity contribution is 5.80. The van der Waals surface area contributed by atoms with E-state index in [1.165, 1.54) is 128 Å². The summed E-state index contributed by atoms with van der Waals surface area (Å²) in [6, 6.07) is -1.00. The summed E-state index contributed by atoms with van der Waals surface area (Å²) in [5.74, 6) is -0.602. The smallest absolute Gasteiger partial charge is 0.249 e. The van der Waals surface area contributed by atoms with Crippen LogP contribution in [0.15, 0.2) is 24.3 Å². The third-order valence-electron chi connectivity index (χ3n) is 9.39. The van der Waals surface area contributed by atoms with Crippen molar-refractivity contribution in [1.29, 1.82) is 0 Å². The summed E-state index contributed by atoms with van der Waals surface area (Å²) >= 11 is 0. The van der Waals surface area contributed by atoms with Crippen LogP contribution in [0.25, 0.3) is 0 Å². The van der Waals surface area contributed by atoms with Gasteiger partial charge in [-0.25, -0.2) is 0 Å². The van der Waals surface area contributed by atoms with Crippen molar-refractivity contribution >= 4 is 5.91 Å². The third kappa shape index (κ3) is 30.6. The van der Waals surface area contributed by atoms with E-state index in [1.54, 1.807) is 0 Å². The monoisotopic (exact) mass is 666 g/mol. The fraction of sp³-hybridized carbons (Fsp3) is 0.878. The third-order valence-corrected chi connectivity index (χ3v) is 9.39. The average Bonchev–Trinajstić information content (AvgIpc) is 3.08. The number of carbonyl (C=O) groups excluding carboxylic acids is 1. The van der Waals surface area contributed by atoms with E-state index in [9.17, 15) is 25.2 Å². The van der Waals surface area contributed by atoms with Gasteiger partial charge in [-0.3, -0.25) is 4.79 Å². The Hall–Kier alpha value is -1.21. The van der Waals surface area contributed by atoms with Gasteiger partial charge in [0.05, 0.1) is 18.8 Å². The number of amides is 1. The summed E-state index contributed by atoms with van der Waals surface area (Å²) in [5.41, 5.74) is 0. The van der Waals surface area contributed by atoms with Crippen molar-refractivity contribution in [2.75, 3.05) is 6.61 Å². The van der Waals surface area contributed by atoms with Gasteiger partial charge in [-0.2, -0.15) is 0 Å². The summed E-state index contributed by atoms with van der Waals surface area (Å²) in [4.78, 5) is 12.4. The Bertz CT molecular complexity index is 712. The quantitative estimate of drug-likeness (QED) is 0.0338. The van der Waals surface area contributed by atoms with Crippen LogP contribution in [0.4, 0.5) is 0 Å². The van der Waals surface area contributed by atoms with Gasteiger partial charge in [0.2, 0.25) is 5.91 Å². The van der Waals surface area contributed by atoms with Gasteiger partial charge in [0, 0.05) is 0 Å². The molecule has 0 aliphatic heterocycles. The van der Waals surface area contributed by atoms with Crippen molar-refractivity contribution in [3.63, 3.8) is 0 Å². The van der Waals surface area contributed by atoms with E-state index < -0.39 is 36.9 Å². The van der Waals surface area contributed by atoms with E-state index in [0.717, 1.165) is 38.5 Å². The van der Waals surface area contributed by atoms with Gasteiger partial charge in [-0.05, 0) is 51.4 Å². The molecule has 0 saturated heterocycles. The number of hydrogen-bond donors (Lipinski definition) is 5. The number of allylic oxidation sites excluding steroid dienone is 4. The van der Waals surface area contributed by atoms with Crippen LogP contribution in [0.5, 0.6) is 0 Å². The van der Waals surface area contributed by atoms with Crippen LogP contribution in [0, 0.1) is 0 Å². The highest BCUT2D eigenvalue weighted by atomic mass is 16.3. The molecule has 6 heteroatoms. The Morgan fingerprint density at radius 3 is 1.34 bits per heavy atom. The summed E-state index contributed by atoms with van der Waals surface area (Å²) in [6.45, 7) is 3.98. The molecule has 0 bridgehead atoms. The van der Waals surface area contributed by atoms with E-state index in [4.69, 9.17) is 0 Å². The van der Waals surface area contributed by atoms with Gasteiger partial charge in [-0.15, -0.1) is 0 Å². The van der Waals surface area contributed by atoms with Gasteiger partial charge in [-0.1, -0.05) is 173 Å². The van der Waals surface area contributed by atoms with E-state index >= 15 is 0 Å². The number of aliphatic hydroxyl groups excluding tert-OH is 4. The molecule has 0 aliphatic rings. The minimum Gasteiger partial charge on any atom is -0.394 e. The van der Waals surface area contributed by atoms with Crippen LogP contribution in [-0.4, -0.2) is 57.3 Å². The molecule has 0 aromatic rings. The van der Waals surface area contributed by atoms with Gasteiger partial charge in [0.1, 0.15) is 12.2 Å². The van der Waals surface area contributed by atoms with E-state index in [0.29, 0.717) is 19.3 Å². The van der Waals surface area contributed by atoms with Crippen LogP contribution in [-0.2, 0) is 4.79 Å². The average molecular weight is 666 g/mol. The number of nitrogens with one attached hydrogen (secondary N) is 1. The normalized spacial score (nSPS) is 14.6. The molecule has 0 aromatic heterocycles. The topological polar surface area (TPSA) is 110 Å². The fourth-order valence-electron chi connectivity index (χ4n) is 6.12. The van der Waals surface area contributed by atoms with Crippen molar-refractivity contribution in [2.24, 2.45) is 0 Å². The molecule has 278 valence electrons. The number of hydrogen-bond acceptors (Lipinski definition) is 5. The lowest BCUT2D eigenvalue weighted by atomic mass is 10.00. The molecular weight excluding hydrogens is 586 g/mol. The first-order valence-corrected chi connectivity index (χ1v) is 20.2. The van der Waals surface area contributed by atoms with Gasteiger partial charge in [0.25, 0.3) is 0 Å². The molecule has 0 aliphatic carbocycles. The SMILES string of the molecule is CCCCCCCCCCCCCCCC/C=C/CC/C=C/CCCC(O)C(O)C(CO)NC(=O)C(O)CCCCCCCCCC. The van der Waals surface area contributed by atoms with Crippen LogP contribution >= 0.6 is 0 Å². The maximum Gasteiger partial charge on any atom is 0.249 e. The van der Waals surface area contributed by atoms with E-state index in [2.05, 4.69) is 43.5 Å². The molecule has 0 fully saturated rings. The van der Waals surface area contributed by atoms with Crippen molar-refractivity contribution in [3.05, 3.63) is 24.3 Å². The van der Waals surface area contributed by atoms with Crippen molar-refractivity contribution < 1.29 is 25.2 Å². The Labute approximate surface area is 291 Å². The Morgan fingerprint density at radius 1 is 0.511 bits per heavy atom. The molecule has 4 atom stereocenters. The fourth-order valence-corrected chi connectivity index (χ4v) is 6.12. The number of rotatable bonds is 36. The highest BCUT2D eigenvalue weighted by Crippen LogP contribution is 2.15. The number of aliphatic hydroxyl groups is 4. The first-order valence-electron chi connectivity index (χ1n) is 20.2. The highest BCUT2D eigenvalue weighted by Gasteiger charge is 2.28. The zero-order valence-electron chi connectivity index (χ0n) is 31.0. The van der Waals surface area contributed by atoms with Crippen molar-refractivity contribution in [2.45, 2.75) is 224 Å². The maximum absolute atomic E-state index is 12.4. The number of unbranched alkanes of at least 4 members (excludes halogenated alkanes) is 23. The van der Waals surface area contributed by atoms with Gasteiger partial charge >= 0.3 is 0 Å². The Balaban J connectivity index is 3.76. The van der Waals surface area contributed by atoms with Crippen LogP contribution in [0.2, 0.25) is 0 Å². The largest absolute Gasteiger partial charge is 0.394 e. The van der Waals surface area contributed by atoms with Crippen LogP contribution in [0.1, 0.15) is 200 Å². The molecule has 0 aromatic carbocycles. The predicted octanol–water partition coefficient (Wildman–Crippen LogP) is 10.0. The molecule has 4 unspecified atom stereocenters. The van der Waals surface area contributed by atoms with Crippen molar-refractivity contribution in [3.8, 4) is 0 Å². The van der Waals surface area contributed by atoms with Gasteiger partial charge in [0.15, 0.2) is 0 Å². The zero-order chi connectivity index (χ0) is 34.6. The molecule has 5 N–H and O–H groups in total. The van der Waals surface area contributed by atoms with E-state index in [-0.39, 0.29) is 0 Å². The summed E-state index contributed by atoms with van der Waals surface area (Å²) < 4.78 is 0. The molecule has 0 saturated carbocycles. The van der Waals surface area contributed by atoms with Crippen molar-refractivity contribution in [1.82, 2.24) is 5.32 Å². The second-order valence-electron chi connectivity index (χ2n) is 14.0. The minimum atomic E-state index is -1.28. The molecule has 47 heavy (non-hydrogen) atoms. The number of carbonyl (C=O) groups is 1. The molecule has 0 heterocycles. The first-order chi connectivity index (χ1) is 23.0. The second-order valence-corrected chi connectivity index (χ2v) is 14.0. The summed E-state index contributed by atoms with van der Waals surface area (Å²) in [7, 11) is 0. The summed E-state index contributed by atoms with van der Waals surface area (Å²) in [5, 5.41) is 43.3. The molecule has 1 amide bonds. The predicted molar refractivity (Wildman–Crippen MR) is 201 cm³/mol. The molecule has 6 nitrogen and oxygen atoms in total. The van der Waals surface area contributed by atoms with Gasteiger partial charge < -0.3 is 25.7 Å². The van der Waals surface area contributed by atoms with Crippen LogP contribution < -0.4 is 5.32 Å². The summed E-state index contributed by atoms with van der Waals surface area (Å²) in [6.07, 6.45) is 39.4. The maximum atomic E-state index is 12.4. The molecule has 0 radical (unpaired) electrons. The molecule has 0 rings (SSSR count). The lowest BCUT2D eigenvalue weighted by Crippen LogP contribution is -2.53. The molecular formula is C41H79NO5. The van der Waals surface area contributed by atoms with Crippen LogP contribution in [0.3, 0.4) is 0 Å². The Kier molecular flexibility index (Phi) is 35.2.